The maximum atomic E-state index is 13.1. The Bertz CT molecular complexity index is 932. The number of aromatic nitrogens is 1. The van der Waals surface area contributed by atoms with Crippen LogP contribution in [0.5, 0.6) is 5.75 Å². The first kappa shape index (κ1) is 21.6. The van der Waals surface area contributed by atoms with Gasteiger partial charge in [0.1, 0.15) is 5.75 Å². The molecule has 0 radical (unpaired) electrons. The summed E-state index contributed by atoms with van der Waals surface area (Å²) in [6, 6.07) is 9.34. The second kappa shape index (κ2) is 9.66. The van der Waals surface area contributed by atoms with Gasteiger partial charge in [0.2, 0.25) is 11.8 Å². The maximum absolute atomic E-state index is 13.1. The van der Waals surface area contributed by atoms with Gasteiger partial charge in [-0.2, -0.15) is 0 Å². The average molecular weight is 443 g/mol. The number of methoxy groups -OCH3 is 1. The minimum Gasteiger partial charge on any atom is -0.495 e. The topological polar surface area (TPSA) is 66.0 Å². The molecule has 2 saturated heterocycles. The van der Waals surface area contributed by atoms with Crippen molar-refractivity contribution in [1.82, 2.24) is 14.8 Å². The Hall–Kier alpha value is -2.64. The summed E-state index contributed by atoms with van der Waals surface area (Å²) in [4.78, 5) is 35.6. The van der Waals surface area contributed by atoms with E-state index in [1.165, 1.54) is 5.56 Å². The molecule has 1 atom stereocenters. The van der Waals surface area contributed by atoms with E-state index in [-0.39, 0.29) is 24.2 Å². The smallest absolute Gasteiger partial charge is 0.228 e. The Morgan fingerprint density at radius 3 is 2.58 bits per heavy atom. The molecule has 3 heterocycles. The van der Waals surface area contributed by atoms with Crippen LogP contribution >= 0.6 is 11.6 Å². The second-order valence-corrected chi connectivity index (χ2v) is 8.40. The molecule has 2 aromatic rings. The fraction of sp³-hybridized carbons (Fsp3) is 0.435. The van der Waals surface area contributed by atoms with Gasteiger partial charge in [0.05, 0.1) is 18.1 Å². The van der Waals surface area contributed by atoms with Crippen LogP contribution in [0.4, 0.5) is 5.69 Å². The minimum atomic E-state index is -0.309. The standard InChI is InChI=1S/C23H27ClN4O3/c1-31-21-3-2-19(15-20(21)24)28-16-18(14-22(28)29)23(30)27-12-10-26(11-13-27)9-6-17-4-7-25-8-5-17/h2-5,7-8,15,18H,6,9-14,16H2,1H3/t18-/m0/s1. The number of hydrogen-bond donors (Lipinski definition) is 0. The van der Waals surface area contributed by atoms with Crippen LogP contribution in [0, 0.1) is 5.92 Å². The summed E-state index contributed by atoms with van der Waals surface area (Å²) in [5.74, 6) is 0.281. The van der Waals surface area contributed by atoms with Gasteiger partial charge in [0, 0.05) is 63.8 Å². The summed E-state index contributed by atoms with van der Waals surface area (Å²) < 4.78 is 5.18. The fourth-order valence-electron chi connectivity index (χ4n) is 4.23. The third-order valence-corrected chi connectivity index (χ3v) is 6.37. The lowest BCUT2D eigenvalue weighted by molar-refractivity contribution is -0.137. The molecule has 2 aliphatic rings. The Morgan fingerprint density at radius 2 is 1.90 bits per heavy atom. The normalized spacial score (nSPS) is 19.7. The highest BCUT2D eigenvalue weighted by atomic mass is 35.5. The van der Waals surface area contributed by atoms with Gasteiger partial charge in [-0.25, -0.2) is 0 Å². The highest BCUT2D eigenvalue weighted by molar-refractivity contribution is 6.32. The number of carbonyl (C=O) groups excluding carboxylic acids is 2. The van der Waals surface area contributed by atoms with Crippen LogP contribution in [-0.4, -0.2) is 73.0 Å². The minimum absolute atomic E-state index is 0.0458. The number of pyridine rings is 1. The predicted octanol–water partition coefficient (Wildman–Crippen LogP) is 2.48. The number of piperazine rings is 1. The van der Waals surface area contributed by atoms with Gasteiger partial charge in [-0.15, -0.1) is 0 Å². The number of benzene rings is 1. The fourth-order valence-corrected chi connectivity index (χ4v) is 4.48. The average Bonchev–Trinajstić information content (AvgIpc) is 3.19. The van der Waals surface area contributed by atoms with Crippen molar-refractivity contribution in [1.29, 1.82) is 0 Å². The number of ether oxygens (including phenoxy) is 1. The van der Waals surface area contributed by atoms with Crippen molar-refractivity contribution in [3.63, 3.8) is 0 Å². The quantitative estimate of drug-likeness (QED) is 0.687. The Kier molecular flexibility index (Phi) is 6.73. The van der Waals surface area contributed by atoms with Gasteiger partial charge in [-0.1, -0.05) is 11.6 Å². The van der Waals surface area contributed by atoms with Crippen LogP contribution < -0.4 is 9.64 Å². The second-order valence-electron chi connectivity index (χ2n) is 8.00. The lowest BCUT2D eigenvalue weighted by Crippen LogP contribution is -2.51. The lowest BCUT2D eigenvalue weighted by atomic mass is 10.1. The molecule has 2 fully saturated rings. The van der Waals surface area contributed by atoms with Gasteiger partial charge in [0.15, 0.2) is 0 Å². The first-order valence-corrected chi connectivity index (χ1v) is 11.0. The molecule has 2 aliphatic heterocycles. The molecule has 1 aromatic carbocycles. The van der Waals surface area contributed by atoms with E-state index in [0.29, 0.717) is 36.1 Å². The van der Waals surface area contributed by atoms with Crippen molar-refractivity contribution in [2.24, 2.45) is 5.92 Å². The van der Waals surface area contributed by atoms with E-state index in [4.69, 9.17) is 16.3 Å². The van der Waals surface area contributed by atoms with Crippen LogP contribution in [0.1, 0.15) is 12.0 Å². The molecule has 1 aromatic heterocycles. The van der Waals surface area contributed by atoms with Crippen LogP contribution in [0.25, 0.3) is 0 Å². The molecule has 0 unspecified atom stereocenters. The van der Waals surface area contributed by atoms with Crippen LogP contribution in [0.2, 0.25) is 5.02 Å². The Balaban J connectivity index is 1.29. The number of rotatable bonds is 6. The molecule has 4 rings (SSSR count). The van der Waals surface area contributed by atoms with Gasteiger partial charge < -0.3 is 14.5 Å². The molecular weight excluding hydrogens is 416 g/mol. The lowest BCUT2D eigenvalue weighted by Gasteiger charge is -2.35. The van der Waals surface area contributed by atoms with Crippen LogP contribution in [0.3, 0.4) is 0 Å². The molecule has 0 N–H and O–H groups in total. The molecule has 0 saturated carbocycles. The summed E-state index contributed by atoms with van der Waals surface area (Å²) in [6.07, 6.45) is 4.85. The van der Waals surface area contributed by atoms with Crippen molar-refractivity contribution >= 4 is 29.1 Å². The van der Waals surface area contributed by atoms with Gasteiger partial charge in [-0.05, 0) is 42.3 Å². The van der Waals surface area contributed by atoms with Gasteiger partial charge in [-0.3, -0.25) is 19.5 Å². The zero-order valence-electron chi connectivity index (χ0n) is 17.7. The van der Waals surface area contributed by atoms with E-state index in [0.717, 1.165) is 26.1 Å². The van der Waals surface area contributed by atoms with E-state index in [9.17, 15) is 9.59 Å². The zero-order valence-corrected chi connectivity index (χ0v) is 18.4. The number of nitrogens with zero attached hydrogens (tertiary/aromatic N) is 4. The van der Waals surface area contributed by atoms with Crippen LogP contribution in [-0.2, 0) is 16.0 Å². The summed E-state index contributed by atoms with van der Waals surface area (Å²) in [5, 5.41) is 0.450. The summed E-state index contributed by atoms with van der Waals surface area (Å²) >= 11 is 6.21. The van der Waals surface area contributed by atoms with Crippen molar-refractivity contribution < 1.29 is 14.3 Å². The maximum Gasteiger partial charge on any atom is 0.228 e. The monoisotopic (exact) mass is 442 g/mol. The van der Waals surface area contributed by atoms with Crippen LogP contribution in [0.15, 0.2) is 42.7 Å². The van der Waals surface area contributed by atoms with E-state index in [1.54, 1.807) is 30.2 Å². The molecule has 0 aliphatic carbocycles. The van der Waals surface area contributed by atoms with E-state index in [1.807, 2.05) is 29.4 Å². The van der Waals surface area contributed by atoms with Gasteiger partial charge in [0.25, 0.3) is 0 Å². The van der Waals surface area contributed by atoms with Crippen molar-refractivity contribution in [3.05, 3.63) is 53.3 Å². The van der Waals surface area contributed by atoms with Crippen molar-refractivity contribution in [2.45, 2.75) is 12.8 Å². The third kappa shape index (κ3) is 4.99. The van der Waals surface area contributed by atoms with Crippen molar-refractivity contribution in [2.75, 3.05) is 51.3 Å². The van der Waals surface area contributed by atoms with Gasteiger partial charge >= 0.3 is 0 Å². The molecule has 2 amide bonds. The number of halogens is 1. The highest BCUT2D eigenvalue weighted by Gasteiger charge is 2.38. The first-order valence-electron chi connectivity index (χ1n) is 10.6. The summed E-state index contributed by atoms with van der Waals surface area (Å²) in [5.41, 5.74) is 1.98. The molecule has 0 spiro atoms. The number of amides is 2. The molecule has 164 valence electrons. The first-order chi connectivity index (χ1) is 15.0. The molecule has 31 heavy (non-hydrogen) atoms. The largest absolute Gasteiger partial charge is 0.495 e. The molecular formula is C23H27ClN4O3. The summed E-state index contributed by atoms with van der Waals surface area (Å²) in [7, 11) is 1.55. The van der Waals surface area contributed by atoms with E-state index < -0.39 is 0 Å². The predicted molar refractivity (Wildman–Crippen MR) is 119 cm³/mol. The molecule has 7 nitrogen and oxygen atoms in total. The van der Waals surface area contributed by atoms with E-state index >= 15 is 0 Å². The number of hydrogen-bond acceptors (Lipinski definition) is 5. The molecule has 0 bridgehead atoms. The Labute approximate surface area is 187 Å². The third-order valence-electron chi connectivity index (χ3n) is 6.07. The van der Waals surface area contributed by atoms with E-state index in [2.05, 4.69) is 9.88 Å². The summed E-state index contributed by atoms with van der Waals surface area (Å²) in [6.45, 7) is 4.48. The Morgan fingerprint density at radius 1 is 1.16 bits per heavy atom. The zero-order chi connectivity index (χ0) is 21.8. The molecule has 8 heteroatoms. The highest BCUT2D eigenvalue weighted by Crippen LogP contribution is 2.32. The number of anilines is 1. The number of carbonyl (C=O) groups is 2. The SMILES string of the molecule is COc1ccc(N2C[C@@H](C(=O)N3CCN(CCc4ccncc4)CC3)CC2=O)cc1Cl. The van der Waals surface area contributed by atoms with Crippen molar-refractivity contribution in [3.8, 4) is 5.75 Å².